The molecule has 1 rings (SSSR count). The van der Waals surface area contributed by atoms with Gasteiger partial charge in [-0.15, -0.1) is 0 Å². The summed E-state index contributed by atoms with van der Waals surface area (Å²) in [4.78, 5) is 24.6. The second-order valence-corrected chi connectivity index (χ2v) is 3.53. The lowest BCUT2D eigenvalue weighted by Crippen LogP contribution is -2.19. The van der Waals surface area contributed by atoms with Crippen molar-refractivity contribution in [1.82, 2.24) is 4.98 Å². The maximum Gasteiger partial charge on any atom is 0.310 e. The average Bonchev–Trinajstić information content (AvgIpc) is 2.24. The van der Waals surface area contributed by atoms with Crippen LogP contribution in [0, 0.1) is 0 Å². The van der Waals surface area contributed by atoms with Crippen molar-refractivity contribution < 1.29 is 18.3 Å². The molecule has 7 heteroatoms. The summed E-state index contributed by atoms with van der Waals surface area (Å²) in [6, 6.07) is 0. The number of ether oxygens (including phenoxy) is 1. The number of rotatable bonds is 4. The van der Waals surface area contributed by atoms with E-state index in [1.54, 1.807) is 6.92 Å². The van der Waals surface area contributed by atoms with E-state index in [0.29, 0.717) is 0 Å². The van der Waals surface area contributed by atoms with Gasteiger partial charge in [0, 0.05) is 11.8 Å². The Morgan fingerprint density at radius 3 is 2.76 bits per heavy atom. The Balaban J connectivity index is 3.10. The molecule has 0 unspecified atom stereocenters. The van der Waals surface area contributed by atoms with Crippen molar-refractivity contribution in [2.45, 2.75) is 19.8 Å². The Labute approximate surface area is 101 Å². The second-order valence-electron chi connectivity index (χ2n) is 3.15. The van der Waals surface area contributed by atoms with Gasteiger partial charge in [-0.05, 0) is 6.92 Å². The summed E-state index contributed by atoms with van der Waals surface area (Å²) in [5, 5.41) is -0.392. The first-order valence-corrected chi connectivity index (χ1v) is 5.18. The van der Waals surface area contributed by atoms with Gasteiger partial charge in [0.1, 0.15) is 0 Å². The Bertz CT molecular complexity index is 473. The van der Waals surface area contributed by atoms with Crippen LogP contribution in [-0.2, 0) is 16.0 Å². The SMILES string of the molecule is CCOC(=O)Cc1c(Cl)c(C(F)F)c[nH]c1=O. The number of hydrogen-bond donors (Lipinski definition) is 1. The molecule has 0 fully saturated rings. The fourth-order valence-electron chi connectivity index (χ4n) is 1.24. The normalized spacial score (nSPS) is 10.6. The van der Waals surface area contributed by atoms with E-state index in [4.69, 9.17) is 11.6 Å². The van der Waals surface area contributed by atoms with Crippen LogP contribution in [0.25, 0.3) is 0 Å². The molecule has 0 bridgehead atoms. The molecule has 1 aromatic heterocycles. The predicted octanol–water partition coefficient (Wildman–Crippen LogP) is 2.07. The molecule has 4 nitrogen and oxygen atoms in total. The number of carbonyl (C=O) groups is 1. The van der Waals surface area contributed by atoms with Crippen molar-refractivity contribution in [3.63, 3.8) is 0 Å². The zero-order valence-corrected chi connectivity index (χ0v) is 9.68. The summed E-state index contributed by atoms with van der Waals surface area (Å²) in [6.45, 7) is 1.74. The first kappa shape index (κ1) is 13.6. The lowest BCUT2D eigenvalue weighted by Gasteiger charge is -2.07. The Morgan fingerprint density at radius 1 is 1.59 bits per heavy atom. The van der Waals surface area contributed by atoms with Crippen molar-refractivity contribution in [1.29, 1.82) is 0 Å². The monoisotopic (exact) mass is 265 g/mol. The molecule has 1 aromatic rings. The van der Waals surface area contributed by atoms with E-state index in [1.807, 2.05) is 0 Å². The zero-order chi connectivity index (χ0) is 13.0. The molecule has 0 amide bonds. The quantitative estimate of drug-likeness (QED) is 0.848. The molecule has 17 heavy (non-hydrogen) atoms. The van der Waals surface area contributed by atoms with Crippen molar-refractivity contribution in [2.24, 2.45) is 0 Å². The predicted molar refractivity (Wildman–Crippen MR) is 57.4 cm³/mol. The maximum absolute atomic E-state index is 12.5. The van der Waals surface area contributed by atoms with E-state index in [1.165, 1.54) is 0 Å². The number of halogens is 3. The van der Waals surface area contributed by atoms with Crippen LogP contribution < -0.4 is 5.56 Å². The van der Waals surface area contributed by atoms with Crippen LogP contribution in [0.5, 0.6) is 0 Å². The topological polar surface area (TPSA) is 59.2 Å². The van der Waals surface area contributed by atoms with Gasteiger partial charge in [0.15, 0.2) is 0 Å². The fraction of sp³-hybridized carbons (Fsp3) is 0.400. The first-order chi connectivity index (χ1) is 7.97. The van der Waals surface area contributed by atoms with Gasteiger partial charge in [0.2, 0.25) is 0 Å². The van der Waals surface area contributed by atoms with Gasteiger partial charge in [-0.3, -0.25) is 9.59 Å². The van der Waals surface area contributed by atoms with Gasteiger partial charge in [-0.25, -0.2) is 8.78 Å². The van der Waals surface area contributed by atoms with Crippen molar-refractivity contribution >= 4 is 17.6 Å². The van der Waals surface area contributed by atoms with E-state index in [-0.39, 0.29) is 12.2 Å². The molecule has 0 spiro atoms. The summed E-state index contributed by atoms with van der Waals surface area (Å²) in [5.74, 6) is -0.689. The largest absolute Gasteiger partial charge is 0.466 e. The lowest BCUT2D eigenvalue weighted by molar-refractivity contribution is -0.142. The van der Waals surface area contributed by atoms with Crippen molar-refractivity contribution in [2.75, 3.05) is 6.61 Å². The van der Waals surface area contributed by atoms with Gasteiger partial charge in [-0.2, -0.15) is 0 Å². The van der Waals surface area contributed by atoms with Crippen molar-refractivity contribution in [3.8, 4) is 0 Å². The smallest absolute Gasteiger partial charge is 0.310 e. The molecule has 0 aliphatic heterocycles. The molecule has 0 aliphatic rings. The standard InChI is InChI=1S/C10H10ClF2NO3/c1-2-17-7(15)3-5-8(11)6(9(12)13)4-14-10(5)16/h4,9H,2-3H2,1H3,(H,14,16). The molecular formula is C10H10ClF2NO3. The molecule has 0 aromatic carbocycles. The van der Waals surface area contributed by atoms with Crippen LogP contribution in [0.3, 0.4) is 0 Å². The Morgan fingerprint density at radius 2 is 2.24 bits per heavy atom. The number of nitrogens with one attached hydrogen (secondary N) is 1. The summed E-state index contributed by atoms with van der Waals surface area (Å²) in [6.07, 6.45) is -2.41. The van der Waals surface area contributed by atoms with Gasteiger partial charge >= 0.3 is 5.97 Å². The molecule has 0 saturated heterocycles. The van der Waals surface area contributed by atoms with Gasteiger partial charge < -0.3 is 9.72 Å². The fourth-order valence-corrected chi connectivity index (χ4v) is 1.53. The third-order valence-electron chi connectivity index (χ3n) is 2.01. The third kappa shape index (κ3) is 3.26. The minimum atomic E-state index is -2.82. The molecule has 0 saturated carbocycles. The van der Waals surface area contributed by atoms with E-state index in [9.17, 15) is 18.4 Å². The minimum Gasteiger partial charge on any atom is -0.466 e. The highest BCUT2D eigenvalue weighted by atomic mass is 35.5. The maximum atomic E-state index is 12.5. The van der Waals surface area contributed by atoms with Gasteiger partial charge in [0.25, 0.3) is 12.0 Å². The molecule has 94 valence electrons. The van der Waals surface area contributed by atoms with Crippen LogP contribution in [0.4, 0.5) is 8.78 Å². The highest BCUT2D eigenvalue weighted by Crippen LogP contribution is 2.27. The second kappa shape index (κ2) is 5.77. The minimum absolute atomic E-state index is 0.142. The summed E-state index contributed by atoms with van der Waals surface area (Å²) in [5.41, 5.74) is -1.39. The Kier molecular flexibility index (Phi) is 4.62. The van der Waals surface area contributed by atoms with E-state index in [0.717, 1.165) is 6.20 Å². The van der Waals surface area contributed by atoms with Crippen molar-refractivity contribution in [3.05, 3.63) is 32.7 Å². The molecule has 0 atom stereocenters. The number of hydrogen-bond acceptors (Lipinski definition) is 3. The van der Waals surface area contributed by atoms with Gasteiger partial charge in [-0.1, -0.05) is 11.6 Å². The molecule has 1 heterocycles. The Hall–Kier alpha value is -1.43. The van der Waals surface area contributed by atoms with Crippen LogP contribution in [0.2, 0.25) is 5.02 Å². The zero-order valence-electron chi connectivity index (χ0n) is 8.93. The molecular weight excluding hydrogens is 256 g/mol. The highest BCUT2D eigenvalue weighted by Gasteiger charge is 2.19. The van der Waals surface area contributed by atoms with Crippen LogP contribution >= 0.6 is 11.6 Å². The van der Waals surface area contributed by atoms with Crippen LogP contribution in [0.1, 0.15) is 24.5 Å². The molecule has 0 radical (unpaired) electrons. The lowest BCUT2D eigenvalue weighted by atomic mass is 10.1. The van der Waals surface area contributed by atoms with Crippen LogP contribution in [-0.4, -0.2) is 17.6 Å². The van der Waals surface area contributed by atoms with Gasteiger partial charge in [0.05, 0.1) is 23.6 Å². The number of carbonyl (C=O) groups excluding carboxylic acids is 1. The average molecular weight is 266 g/mol. The number of aromatic nitrogens is 1. The molecule has 0 aliphatic carbocycles. The summed E-state index contributed by atoms with van der Waals surface area (Å²) in [7, 11) is 0. The summed E-state index contributed by atoms with van der Waals surface area (Å²) >= 11 is 5.65. The summed E-state index contributed by atoms with van der Waals surface area (Å²) < 4.78 is 29.6. The van der Waals surface area contributed by atoms with E-state index >= 15 is 0 Å². The number of pyridine rings is 1. The number of H-pyrrole nitrogens is 1. The highest BCUT2D eigenvalue weighted by molar-refractivity contribution is 6.32. The number of alkyl halides is 2. The third-order valence-corrected chi connectivity index (χ3v) is 2.46. The van der Waals surface area contributed by atoms with E-state index in [2.05, 4.69) is 9.72 Å². The number of aromatic amines is 1. The number of esters is 1. The molecule has 1 N–H and O–H groups in total. The first-order valence-electron chi connectivity index (χ1n) is 4.81. The van der Waals surface area contributed by atoms with Crippen LogP contribution in [0.15, 0.2) is 11.0 Å². The van der Waals surface area contributed by atoms with E-state index < -0.39 is 35.0 Å².